The number of hydrogen-bond acceptors (Lipinski definition) is 6. The lowest BCUT2D eigenvalue weighted by Crippen LogP contribution is -2.32. The van der Waals surface area contributed by atoms with Crippen molar-refractivity contribution >= 4 is 12.7 Å². The molecule has 3 rings (SSSR count). The largest absolute Gasteiger partial charge is 0.508 e. The number of benzene rings is 3. The molecule has 0 aliphatic heterocycles. The Morgan fingerprint density at radius 3 is 2.22 bits per heavy atom. The van der Waals surface area contributed by atoms with E-state index in [1.54, 1.807) is 36.4 Å². The van der Waals surface area contributed by atoms with E-state index >= 15 is 0 Å². The Morgan fingerprint density at radius 2 is 1.53 bits per heavy atom. The first-order valence-corrected chi connectivity index (χ1v) is 12.2. The Labute approximate surface area is 187 Å². The topological polar surface area (TPSA) is 108 Å². The molecule has 0 amide bonds. The van der Waals surface area contributed by atoms with Crippen LogP contribution in [0.2, 0.25) is 0 Å². The molecule has 8 heteroatoms. The molecule has 0 bridgehead atoms. The Kier molecular flexibility index (Phi) is 8.71. The maximum absolute atomic E-state index is 12.6. The van der Waals surface area contributed by atoms with E-state index in [0.29, 0.717) is 36.3 Å². The summed E-state index contributed by atoms with van der Waals surface area (Å²) >= 11 is 0. The van der Waals surface area contributed by atoms with E-state index in [1.165, 1.54) is 12.1 Å². The fraction of sp³-hybridized carbons (Fsp3) is 0.250. The predicted octanol–water partition coefficient (Wildman–Crippen LogP) is 2.90. The van der Waals surface area contributed by atoms with Crippen molar-refractivity contribution in [2.24, 2.45) is 0 Å². The number of aliphatic hydroxyl groups is 1. The molecule has 0 saturated carbocycles. The molecule has 170 valence electrons. The van der Waals surface area contributed by atoms with Gasteiger partial charge in [0.1, 0.15) is 30.0 Å². The third kappa shape index (κ3) is 7.70. The van der Waals surface area contributed by atoms with Gasteiger partial charge in [-0.05, 0) is 67.1 Å². The van der Waals surface area contributed by atoms with E-state index in [0.717, 1.165) is 5.56 Å². The van der Waals surface area contributed by atoms with Crippen molar-refractivity contribution in [2.45, 2.75) is 12.5 Å². The molecule has 3 aromatic rings. The lowest BCUT2D eigenvalue weighted by molar-refractivity contribution is 0.106. The van der Waals surface area contributed by atoms with Crippen molar-refractivity contribution in [1.82, 2.24) is 5.32 Å². The van der Waals surface area contributed by atoms with Gasteiger partial charge < -0.3 is 29.9 Å². The predicted molar refractivity (Wildman–Crippen MR) is 124 cm³/mol. The zero-order chi connectivity index (χ0) is 22.8. The number of nitrogens with one attached hydrogen (secondary N) is 1. The SMILES string of the molecule is O=P(O)(COc1ccccc1)c1ccc(CCNC[C@H](O)COc2ccc(O)cc2)cc1. The van der Waals surface area contributed by atoms with Gasteiger partial charge in [0, 0.05) is 11.8 Å². The number of rotatable bonds is 12. The third-order valence-corrected chi connectivity index (χ3v) is 6.32. The number of ether oxygens (including phenoxy) is 2. The second-order valence-electron chi connectivity index (χ2n) is 7.37. The Hall–Kier alpha value is -2.83. The summed E-state index contributed by atoms with van der Waals surface area (Å²) in [6.07, 6.45) is -0.236. The molecule has 0 fully saturated rings. The van der Waals surface area contributed by atoms with Crippen LogP contribution in [0.5, 0.6) is 17.2 Å². The molecule has 0 aromatic heterocycles. The normalized spacial score (nSPS) is 13.8. The summed E-state index contributed by atoms with van der Waals surface area (Å²) in [5, 5.41) is 22.8. The van der Waals surface area contributed by atoms with Gasteiger partial charge in [-0.3, -0.25) is 4.57 Å². The van der Waals surface area contributed by atoms with Crippen LogP contribution in [0, 0.1) is 0 Å². The van der Waals surface area contributed by atoms with Crippen molar-refractivity contribution in [3.05, 3.63) is 84.4 Å². The molecular weight excluding hydrogens is 429 g/mol. The molecule has 2 atom stereocenters. The molecular formula is C24H28NO6P. The van der Waals surface area contributed by atoms with Crippen LogP contribution in [0.15, 0.2) is 78.9 Å². The zero-order valence-electron chi connectivity index (χ0n) is 17.6. The maximum atomic E-state index is 12.6. The van der Waals surface area contributed by atoms with Gasteiger partial charge in [0.25, 0.3) is 7.37 Å². The Morgan fingerprint density at radius 1 is 0.875 bits per heavy atom. The first kappa shape index (κ1) is 23.8. The summed E-state index contributed by atoms with van der Waals surface area (Å²) in [5.41, 5.74) is 1.01. The highest BCUT2D eigenvalue weighted by Gasteiger charge is 2.22. The van der Waals surface area contributed by atoms with Crippen molar-refractivity contribution in [1.29, 1.82) is 0 Å². The lowest BCUT2D eigenvalue weighted by Gasteiger charge is -2.14. The van der Waals surface area contributed by atoms with Gasteiger partial charge in [0.15, 0.2) is 6.35 Å². The molecule has 0 saturated heterocycles. The molecule has 0 spiro atoms. The first-order valence-electron chi connectivity index (χ1n) is 10.3. The van der Waals surface area contributed by atoms with Crippen LogP contribution in [-0.4, -0.2) is 47.3 Å². The minimum atomic E-state index is -3.61. The van der Waals surface area contributed by atoms with Crippen LogP contribution in [0.1, 0.15) is 5.56 Å². The third-order valence-electron chi connectivity index (χ3n) is 4.74. The van der Waals surface area contributed by atoms with Crippen LogP contribution in [0.4, 0.5) is 0 Å². The maximum Gasteiger partial charge on any atom is 0.265 e. The average Bonchev–Trinajstić information content (AvgIpc) is 2.81. The number of phenolic OH excluding ortho intramolecular Hbond substituents is 1. The standard InChI is InChI=1S/C24H28NO6P/c26-20-8-10-23(11-9-20)30-17-21(27)16-25-15-14-19-6-12-24(13-7-19)32(28,29)18-31-22-4-2-1-3-5-22/h1-13,21,25-27H,14-18H2,(H,28,29)/t21-/m0/s1. The average molecular weight is 457 g/mol. The van der Waals surface area contributed by atoms with Crippen molar-refractivity contribution in [2.75, 3.05) is 26.0 Å². The van der Waals surface area contributed by atoms with Crippen molar-refractivity contribution in [3.8, 4) is 17.2 Å². The van der Waals surface area contributed by atoms with Crippen LogP contribution >= 0.6 is 7.37 Å². The minimum Gasteiger partial charge on any atom is -0.508 e. The molecule has 7 nitrogen and oxygen atoms in total. The summed E-state index contributed by atoms with van der Waals surface area (Å²) in [4.78, 5) is 10.3. The summed E-state index contributed by atoms with van der Waals surface area (Å²) in [7, 11) is -3.61. The fourth-order valence-corrected chi connectivity index (χ4v) is 4.03. The monoisotopic (exact) mass is 457 g/mol. The highest BCUT2D eigenvalue weighted by atomic mass is 31.2. The highest BCUT2D eigenvalue weighted by Crippen LogP contribution is 2.39. The van der Waals surface area contributed by atoms with Gasteiger partial charge in [0.05, 0.1) is 0 Å². The second-order valence-corrected chi connectivity index (χ2v) is 9.55. The van der Waals surface area contributed by atoms with Gasteiger partial charge in [-0.2, -0.15) is 0 Å². The molecule has 0 radical (unpaired) electrons. The number of phenols is 1. The molecule has 0 heterocycles. The van der Waals surface area contributed by atoms with Gasteiger partial charge in [-0.25, -0.2) is 0 Å². The van der Waals surface area contributed by atoms with Crippen molar-refractivity contribution < 1.29 is 29.1 Å². The van der Waals surface area contributed by atoms with Crippen LogP contribution in [0.3, 0.4) is 0 Å². The summed E-state index contributed by atoms with van der Waals surface area (Å²) < 4.78 is 23.5. The van der Waals surface area contributed by atoms with E-state index in [1.807, 2.05) is 30.3 Å². The van der Waals surface area contributed by atoms with Crippen LogP contribution < -0.4 is 20.1 Å². The quantitative estimate of drug-likeness (QED) is 0.245. The van der Waals surface area contributed by atoms with Crippen molar-refractivity contribution in [3.63, 3.8) is 0 Å². The number of para-hydroxylation sites is 1. The van der Waals surface area contributed by atoms with E-state index in [2.05, 4.69) is 5.32 Å². The molecule has 0 aliphatic rings. The summed E-state index contributed by atoms with van der Waals surface area (Å²) in [6, 6.07) is 22.2. The molecule has 1 unspecified atom stereocenters. The number of hydrogen-bond donors (Lipinski definition) is 4. The van der Waals surface area contributed by atoms with E-state index in [-0.39, 0.29) is 18.7 Å². The second kappa shape index (κ2) is 11.7. The Balaban J connectivity index is 1.36. The van der Waals surface area contributed by atoms with Gasteiger partial charge in [0.2, 0.25) is 0 Å². The summed E-state index contributed by atoms with van der Waals surface area (Å²) in [6.45, 7) is 1.16. The minimum absolute atomic E-state index is 0.142. The number of aliphatic hydroxyl groups excluding tert-OH is 1. The van der Waals surface area contributed by atoms with Gasteiger partial charge in [-0.15, -0.1) is 0 Å². The summed E-state index contributed by atoms with van der Waals surface area (Å²) in [5.74, 6) is 1.30. The smallest absolute Gasteiger partial charge is 0.265 e. The molecule has 4 N–H and O–H groups in total. The van der Waals surface area contributed by atoms with E-state index in [9.17, 15) is 19.7 Å². The van der Waals surface area contributed by atoms with Gasteiger partial charge >= 0.3 is 0 Å². The first-order chi connectivity index (χ1) is 15.4. The van der Waals surface area contributed by atoms with E-state index < -0.39 is 13.5 Å². The lowest BCUT2D eigenvalue weighted by atomic mass is 10.1. The van der Waals surface area contributed by atoms with Gasteiger partial charge in [-0.1, -0.05) is 30.3 Å². The fourth-order valence-electron chi connectivity index (χ4n) is 2.94. The molecule has 32 heavy (non-hydrogen) atoms. The molecule has 3 aromatic carbocycles. The van der Waals surface area contributed by atoms with Crippen LogP contribution in [0.25, 0.3) is 0 Å². The molecule has 0 aliphatic carbocycles. The number of aromatic hydroxyl groups is 1. The van der Waals surface area contributed by atoms with Crippen LogP contribution in [-0.2, 0) is 11.0 Å². The zero-order valence-corrected chi connectivity index (χ0v) is 18.5. The highest BCUT2D eigenvalue weighted by molar-refractivity contribution is 7.65. The van der Waals surface area contributed by atoms with E-state index in [4.69, 9.17) is 9.47 Å². The Bertz CT molecular complexity index is 995.